The van der Waals surface area contributed by atoms with E-state index in [1.807, 2.05) is 0 Å². The summed E-state index contributed by atoms with van der Waals surface area (Å²) in [5.74, 6) is 0. The summed E-state index contributed by atoms with van der Waals surface area (Å²) in [7, 11) is -4.80. The summed E-state index contributed by atoms with van der Waals surface area (Å²) in [5.41, 5.74) is 2.42. The van der Waals surface area contributed by atoms with Crippen LogP contribution >= 0.6 is 0 Å². The molecule has 0 saturated carbocycles. The summed E-state index contributed by atoms with van der Waals surface area (Å²) in [6.45, 7) is 0. The zero-order valence-corrected chi connectivity index (χ0v) is 12.9. The normalized spacial score (nSPS) is 10.5. The molecule has 0 bridgehead atoms. The van der Waals surface area contributed by atoms with Crippen LogP contribution in [0, 0.1) is 20.2 Å². The molecule has 18 heavy (non-hydrogen) atoms. The summed E-state index contributed by atoms with van der Waals surface area (Å²) < 4.78 is 30.2. The van der Waals surface area contributed by atoms with Gasteiger partial charge in [0.15, 0.2) is 5.69 Å². The fourth-order valence-corrected chi connectivity index (χ4v) is 1.57. The van der Waals surface area contributed by atoms with E-state index in [-0.39, 0.29) is 51.4 Å². The topological polar surface area (TPSA) is 167 Å². The van der Waals surface area contributed by atoms with E-state index in [2.05, 4.69) is 0 Å². The number of anilines is 1. The van der Waals surface area contributed by atoms with Crippen molar-refractivity contribution in [3.05, 3.63) is 32.4 Å². The van der Waals surface area contributed by atoms with E-state index in [4.69, 9.17) is 10.3 Å². The van der Waals surface area contributed by atoms with Crippen molar-refractivity contribution in [2.45, 2.75) is 4.90 Å². The summed E-state index contributed by atoms with van der Waals surface area (Å²) in [4.78, 5) is 17.9. The number of benzene rings is 1. The minimum atomic E-state index is -4.80. The Kier molecular flexibility index (Phi) is 5.79. The van der Waals surface area contributed by atoms with Crippen molar-refractivity contribution in [2.24, 2.45) is 0 Å². The van der Waals surface area contributed by atoms with Gasteiger partial charge in [0.25, 0.3) is 10.1 Å². The molecular weight excluding hydrogens is 297 g/mol. The molecule has 0 aliphatic rings. The second kappa shape index (κ2) is 6.01. The van der Waals surface area contributed by atoms with Gasteiger partial charge in [-0.2, -0.15) is 8.42 Å². The molecular formula is C6H5KN3O7S. The first-order valence-electron chi connectivity index (χ1n) is 3.84. The number of hydrogen-bond acceptors (Lipinski definition) is 7. The molecule has 0 aliphatic carbocycles. The van der Waals surface area contributed by atoms with Crippen LogP contribution in [0.2, 0.25) is 0 Å². The van der Waals surface area contributed by atoms with E-state index in [1.165, 1.54) is 0 Å². The number of nitro groups is 2. The van der Waals surface area contributed by atoms with Crippen LogP contribution in [-0.2, 0) is 10.1 Å². The van der Waals surface area contributed by atoms with E-state index in [9.17, 15) is 28.6 Å². The molecule has 0 saturated heterocycles. The van der Waals surface area contributed by atoms with Crippen LogP contribution in [0.5, 0.6) is 0 Å². The van der Waals surface area contributed by atoms with E-state index in [0.29, 0.717) is 12.1 Å². The molecule has 10 nitrogen and oxygen atoms in total. The predicted molar refractivity (Wildman–Crippen MR) is 59.7 cm³/mol. The molecule has 1 radical (unpaired) electrons. The molecule has 0 atom stereocenters. The van der Waals surface area contributed by atoms with Crippen molar-refractivity contribution in [1.29, 1.82) is 0 Å². The third-order valence-corrected chi connectivity index (χ3v) is 2.63. The Morgan fingerprint density at radius 1 is 1.11 bits per heavy atom. The zero-order chi connectivity index (χ0) is 13.4. The maximum atomic E-state index is 10.8. The first-order valence-corrected chi connectivity index (χ1v) is 5.28. The maximum Gasteiger partial charge on any atom is 0.300 e. The second-order valence-electron chi connectivity index (χ2n) is 2.86. The Morgan fingerprint density at radius 2 is 1.44 bits per heavy atom. The minimum Gasteiger partial charge on any atom is -0.387 e. The van der Waals surface area contributed by atoms with Gasteiger partial charge in [0.2, 0.25) is 0 Å². The van der Waals surface area contributed by atoms with Crippen LogP contribution in [0.25, 0.3) is 0 Å². The Hall–Kier alpha value is -0.634. The fourth-order valence-electron chi connectivity index (χ4n) is 1.05. The summed E-state index contributed by atoms with van der Waals surface area (Å²) >= 11 is 0. The molecule has 0 amide bonds. The third kappa shape index (κ3) is 3.68. The van der Waals surface area contributed by atoms with Gasteiger partial charge >= 0.3 is 11.4 Å². The monoisotopic (exact) mass is 302 g/mol. The van der Waals surface area contributed by atoms with Gasteiger partial charge in [0, 0.05) is 63.5 Å². The zero-order valence-electron chi connectivity index (χ0n) is 8.93. The van der Waals surface area contributed by atoms with Crippen molar-refractivity contribution in [3.8, 4) is 0 Å². The molecule has 1 aromatic carbocycles. The Labute approximate surface area is 143 Å². The van der Waals surface area contributed by atoms with Crippen LogP contribution in [-0.4, -0.2) is 74.2 Å². The van der Waals surface area contributed by atoms with Crippen molar-refractivity contribution in [1.82, 2.24) is 0 Å². The molecule has 3 N–H and O–H groups in total. The second-order valence-corrected chi connectivity index (χ2v) is 4.29. The number of nitro benzene ring substituents is 2. The van der Waals surface area contributed by atoms with Crippen LogP contribution in [0.15, 0.2) is 17.0 Å². The SMILES string of the molecule is Nc1c([N+](=O)[O-])cc(S(=O)(=O)O)cc1[N+](=O)[O-].[K]. The van der Waals surface area contributed by atoms with Gasteiger partial charge in [0.1, 0.15) is 4.90 Å². The molecule has 93 valence electrons. The van der Waals surface area contributed by atoms with Crippen molar-refractivity contribution < 1.29 is 22.8 Å². The molecule has 1 aromatic rings. The number of nitrogens with zero attached hydrogens (tertiary/aromatic N) is 2. The average Bonchev–Trinajstić information content (AvgIpc) is 2.14. The quantitative estimate of drug-likeness (QED) is 0.257. The summed E-state index contributed by atoms with van der Waals surface area (Å²) in [6.07, 6.45) is 0. The van der Waals surface area contributed by atoms with Gasteiger partial charge in [-0.25, -0.2) is 0 Å². The largest absolute Gasteiger partial charge is 0.387 e. The number of nitrogen functional groups attached to an aromatic ring is 1. The number of hydrogen-bond donors (Lipinski definition) is 2. The van der Waals surface area contributed by atoms with Crippen LogP contribution in [0.4, 0.5) is 17.1 Å². The molecule has 0 unspecified atom stereocenters. The standard InChI is InChI=1S/C6H5N3O7S.K/c7-6-4(8(10)11)1-3(17(14,15)16)2-5(6)9(12)13;/h1-2H,7H2,(H,14,15,16);. The molecule has 0 spiro atoms. The van der Waals surface area contributed by atoms with Crippen LogP contribution in [0.3, 0.4) is 0 Å². The molecule has 0 aliphatic heterocycles. The van der Waals surface area contributed by atoms with Crippen molar-refractivity contribution in [3.63, 3.8) is 0 Å². The van der Waals surface area contributed by atoms with Crippen LogP contribution < -0.4 is 5.73 Å². The predicted octanol–water partition coefficient (Wildman–Crippen LogP) is -0.0489. The van der Waals surface area contributed by atoms with Crippen molar-refractivity contribution in [2.75, 3.05) is 5.73 Å². The molecule has 0 aromatic heterocycles. The van der Waals surface area contributed by atoms with Gasteiger partial charge in [-0.1, -0.05) is 0 Å². The van der Waals surface area contributed by atoms with Gasteiger partial charge in [-0.15, -0.1) is 0 Å². The van der Waals surface area contributed by atoms with E-state index < -0.39 is 41.9 Å². The maximum absolute atomic E-state index is 10.8. The average molecular weight is 302 g/mol. The van der Waals surface area contributed by atoms with Gasteiger partial charge in [-0.3, -0.25) is 24.8 Å². The van der Waals surface area contributed by atoms with E-state index >= 15 is 0 Å². The third-order valence-electron chi connectivity index (χ3n) is 1.80. The summed E-state index contributed by atoms with van der Waals surface area (Å²) in [5, 5.41) is 21.0. The number of rotatable bonds is 3. The molecule has 1 rings (SSSR count). The molecule has 0 fully saturated rings. The smallest absolute Gasteiger partial charge is 0.300 e. The molecule has 12 heteroatoms. The Morgan fingerprint density at radius 3 is 1.67 bits per heavy atom. The summed E-state index contributed by atoms with van der Waals surface area (Å²) in [6, 6.07) is 0.884. The first-order chi connectivity index (χ1) is 7.64. The molecule has 0 heterocycles. The van der Waals surface area contributed by atoms with Crippen molar-refractivity contribution >= 4 is 78.6 Å². The van der Waals surface area contributed by atoms with Gasteiger partial charge < -0.3 is 5.73 Å². The fraction of sp³-hybridized carbons (Fsp3) is 0. The Balaban J connectivity index is 0.00000289. The van der Waals surface area contributed by atoms with E-state index in [1.54, 1.807) is 0 Å². The van der Waals surface area contributed by atoms with Crippen LogP contribution in [0.1, 0.15) is 0 Å². The van der Waals surface area contributed by atoms with Gasteiger partial charge in [-0.05, 0) is 0 Å². The Bertz CT molecular complexity index is 579. The van der Waals surface area contributed by atoms with E-state index in [0.717, 1.165) is 0 Å². The number of nitrogens with two attached hydrogens (primary N) is 1. The van der Waals surface area contributed by atoms with Gasteiger partial charge in [0.05, 0.1) is 9.85 Å². The first kappa shape index (κ1) is 17.4. The minimum absolute atomic E-state index is 0.